The average molecular weight is 515 g/mol. The second-order valence-corrected chi connectivity index (χ2v) is 11.9. The Bertz CT molecular complexity index is 975. The third-order valence-electron chi connectivity index (χ3n) is 3.23. The number of hydrogen-bond acceptors (Lipinski definition) is 12. The maximum absolute atomic E-state index is 11.8. The third kappa shape index (κ3) is 7.49. The number of rotatable bonds is 8. The van der Waals surface area contributed by atoms with Crippen molar-refractivity contribution < 1.29 is 61.4 Å². The van der Waals surface area contributed by atoms with E-state index in [4.69, 9.17) is 25.2 Å². The zero-order valence-electron chi connectivity index (χ0n) is 14.3. The first-order chi connectivity index (χ1) is 13.6. The van der Waals surface area contributed by atoms with Crippen LogP contribution in [0.25, 0.3) is 0 Å². The molecule has 1 fully saturated rings. The molecule has 0 aromatic carbocycles. The minimum atomic E-state index is -5.69. The number of nitrogens with two attached hydrogens (primary N) is 1. The van der Waals surface area contributed by atoms with Crippen LogP contribution in [0.4, 0.5) is 5.82 Å². The van der Waals surface area contributed by atoms with Crippen LogP contribution in [0.3, 0.4) is 0 Å². The lowest BCUT2D eigenvalue weighted by Crippen LogP contribution is -2.36. The van der Waals surface area contributed by atoms with Gasteiger partial charge in [-0.2, -0.15) is 9.29 Å². The second-order valence-electron chi connectivity index (χ2n) is 5.55. The molecule has 0 aliphatic carbocycles. The summed E-state index contributed by atoms with van der Waals surface area (Å²) in [6, 6.07) is 1.28. The van der Waals surface area contributed by atoms with E-state index >= 15 is 0 Å². The van der Waals surface area contributed by atoms with Gasteiger partial charge in [-0.3, -0.25) is 4.57 Å². The molecule has 0 spiro atoms. The molecule has 3 unspecified atom stereocenters. The highest BCUT2D eigenvalue weighted by molar-refractivity contribution is 8.14. The van der Waals surface area contributed by atoms with Gasteiger partial charge in [0.05, 0.1) is 6.10 Å². The summed E-state index contributed by atoms with van der Waals surface area (Å²) in [5, 5.41) is 19.9. The molecule has 1 aromatic heterocycles. The van der Waals surface area contributed by atoms with Crippen LogP contribution >= 0.6 is 22.4 Å². The van der Waals surface area contributed by atoms with Crippen molar-refractivity contribution in [2.75, 3.05) is 5.73 Å². The second kappa shape index (κ2) is 9.46. The highest BCUT2D eigenvalue weighted by Crippen LogP contribution is 2.64. The fourth-order valence-corrected chi connectivity index (χ4v) is 6.71. The van der Waals surface area contributed by atoms with Gasteiger partial charge in [0, 0.05) is 12.6 Å². The molecule has 8 N–H and O–H groups in total. The van der Waals surface area contributed by atoms with Gasteiger partial charge in [0.2, 0.25) is 6.29 Å². The monoisotopic (exact) mass is 515 g/mol. The maximum Gasteiger partial charge on any atom is 0.488 e. The Labute approximate surface area is 170 Å². The van der Waals surface area contributed by atoms with Gasteiger partial charge >= 0.3 is 39.3 Å². The summed E-state index contributed by atoms with van der Waals surface area (Å²) in [6.07, 6.45) is -5.16. The van der Waals surface area contributed by atoms with E-state index < -0.39 is 64.0 Å². The molecule has 2 rings (SSSR count). The van der Waals surface area contributed by atoms with Crippen LogP contribution in [0.5, 0.6) is 0 Å². The molecule has 1 aliphatic heterocycles. The minimum absolute atomic E-state index is 0.0614. The van der Waals surface area contributed by atoms with Crippen LogP contribution in [0.1, 0.15) is 12.6 Å². The van der Waals surface area contributed by atoms with Crippen LogP contribution in [-0.2, 0) is 37.9 Å². The van der Waals surface area contributed by atoms with E-state index in [1.165, 1.54) is 12.3 Å². The zero-order chi connectivity index (χ0) is 22.9. The predicted octanol–water partition coefficient (Wildman–Crippen LogP) is -2.94. The van der Waals surface area contributed by atoms with E-state index in [1.54, 1.807) is 0 Å². The molecule has 0 amide bonds. The fraction of sp³-hybridized carbons (Fsp3) is 0.556. The molecule has 2 heterocycles. The number of aliphatic hydroxyl groups is 2. The topological polar surface area (TPSA) is 276 Å². The summed E-state index contributed by atoms with van der Waals surface area (Å²) >= 11 is -0.584. The Morgan fingerprint density at radius 1 is 1.33 bits per heavy atom. The highest BCUT2D eigenvalue weighted by atomic mass is 32.5. The van der Waals surface area contributed by atoms with Crippen LogP contribution in [-0.4, -0.2) is 57.8 Å². The zero-order valence-corrected chi connectivity index (χ0v) is 17.8. The molecule has 0 radical (unpaired) electrons. The van der Waals surface area contributed by atoms with Gasteiger partial charge in [0.15, 0.2) is 0 Å². The fourth-order valence-electron chi connectivity index (χ4n) is 2.20. The lowest BCUT2D eigenvalue weighted by Gasteiger charge is -2.18. The molecular formula is C9H16N3O14P3S. The molecule has 1 aromatic rings. The molecule has 172 valence electrons. The van der Waals surface area contributed by atoms with Crippen LogP contribution in [0.15, 0.2) is 17.1 Å². The van der Waals surface area contributed by atoms with Gasteiger partial charge in [-0.1, -0.05) is 4.18 Å². The quantitative estimate of drug-likeness (QED) is 0.0789. The summed E-state index contributed by atoms with van der Waals surface area (Å²) in [7, 11) is -11.2. The third-order valence-corrected chi connectivity index (χ3v) is 8.45. The lowest BCUT2D eigenvalue weighted by atomic mass is 10.2. The van der Waals surface area contributed by atoms with Gasteiger partial charge in [-0.15, -0.1) is 0 Å². The summed E-state index contributed by atoms with van der Waals surface area (Å²) in [4.78, 5) is 62.3. The highest BCUT2D eigenvalue weighted by Gasteiger charge is 2.44. The Balaban J connectivity index is 2.06. The van der Waals surface area contributed by atoms with Crippen molar-refractivity contribution in [1.82, 2.24) is 9.55 Å². The number of phosphoric acid groups is 2. The Morgan fingerprint density at radius 3 is 2.53 bits per heavy atom. The standard InChI is InChI=1S/C9H16N3O14P3S/c10-5-1-2-12(9(15)11-5)6-3-4(13)7(23-6)8(14)24-30-29(21,22)26-28(19,20)25-27(16,17)18/h1-2,4,6-8,13-14H,3H2,(H6-,10,11,15,16,17,18,19,20,21,22)/t4-,6+,7-,8?/m0/s1. The normalized spacial score (nSPS) is 27.2. The summed E-state index contributed by atoms with van der Waals surface area (Å²) in [5.41, 5.74) is 4.55. The maximum atomic E-state index is 11.8. The van der Waals surface area contributed by atoms with E-state index in [9.17, 15) is 33.9 Å². The van der Waals surface area contributed by atoms with Crippen molar-refractivity contribution >= 4 is 39.4 Å². The van der Waals surface area contributed by atoms with Gasteiger partial charge in [-0.05, 0) is 6.07 Å². The number of ether oxygens (including phenoxy) is 1. The van der Waals surface area contributed by atoms with E-state index in [1.807, 2.05) is 0 Å². The molecule has 21 heteroatoms. The first kappa shape index (κ1) is 25.6. The average Bonchev–Trinajstić information content (AvgIpc) is 2.90. The molecular weight excluding hydrogens is 499 g/mol. The number of aliphatic hydroxyl groups excluding tert-OH is 2. The van der Waals surface area contributed by atoms with E-state index in [0.717, 1.165) is 4.57 Å². The van der Waals surface area contributed by atoms with Gasteiger partial charge < -0.3 is 45.2 Å². The smallest absolute Gasteiger partial charge is 0.488 e. The van der Waals surface area contributed by atoms with Crippen molar-refractivity contribution in [2.24, 2.45) is 0 Å². The SMILES string of the molecule is Nc1ccn([C@H]2C[C@H](O)[C@@H](C(O)O[S+]=P([O-])(O)OP(=O)(O)OP(=O)(O)O)O2)c(=O)n1. The Hall–Kier alpha value is -0.650. The van der Waals surface area contributed by atoms with E-state index in [-0.39, 0.29) is 12.2 Å². The lowest BCUT2D eigenvalue weighted by molar-refractivity contribution is -0.195. The predicted molar refractivity (Wildman–Crippen MR) is 95.1 cm³/mol. The minimum Gasteiger partial charge on any atom is -0.739 e. The van der Waals surface area contributed by atoms with E-state index in [2.05, 4.69) is 17.8 Å². The van der Waals surface area contributed by atoms with E-state index in [0.29, 0.717) is 0 Å². The molecule has 17 nitrogen and oxygen atoms in total. The molecule has 0 saturated carbocycles. The first-order valence-electron chi connectivity index (χ1n) is 7.44. The van der Waals surface area contributed by atoms with Crippen LogP contribution in [0, 0.1) is 0 Å². The van der Waals surface area contributed by atoms with Crippen molar-refractivity contribution in [1.29, 1.82) is 0 Å². The Kier molecular flexibility index (Phi) is 8.07. The molecule has 1 aliphatic rings. The number of nitrogens with zero attached hydrogens (tertiary/aromatic N) is 2. The number of anilines is 1. The summed E-state index contributed by atoms with van der Waals surface area (Å²) < 4.78 is 39.6. The number of hydrogen-bond donors (Lipinski definition) is 7. The summed E-state index contributed by atoms with van der Waals surface area (Å²) in [6.45, 7) is -5.26. The molecule has 1 saturated heterocycles. The van der Waals surface area contributed by atoms with Crippen molar-refractivity contribution in [3.63, 3.8) is 0 Å². The van der Waals surface area contributed by atoms with Crippen LogP contribution in [0.2, 0.25) is 0 Å². The van der Waals surface area contributed by atoms with Crippen molar-refractivity contribution in [3.8, 4) is 0 Å². The van der Waals surface area contributed by atoms with Gasteiger partial charge in [0.1, 0.15) is 18.1 Å². The molecule has 6 atom stereocenters. The first-order valence-corrected chi connectivity index (χ1v) is 13.4. The number of aromatic nitrogens is 2. The van der Waals surface area contributed by atoms with Gasteiger partial charge in [0.25, 0.3) is 0 Å². The largest absolute Gasteiger partial charge is 0.739 e. The van der Waals surface area contributed by atoms with Crippen LogP contribution < -0.4 is 16.3 Å². The Morgan fingerprint density at radius 2 is 1.97 bits per heavy atom. The van der Waals surface area contributed by atoms with Crippen molar-refractivity contribution in [2.45, 2.75) is 31.1 Å². The number of nitrogen functional groups attached to an aromatic ring is 1. The molecule has 0 bridgehead atoms. The van der Waals surface area contributed by atoms with Crippen molar-refractivity contribution in [3.05, 3.63) is 22.7 Å². The van der Waals surface area contributed by atoms with Gasteiger partial charge in [-0.25, -0.2) is 18.2 Å². The molecule has 30 heavy (non-hydrogen) atoms. The summed E-state index contributed by atoms with van der Waals surface area (Å²) in [5.74, 6) is -0.0614.